The first-order valence-corrected chi connectivity index (χ1v) is 12.6. The summed E-state index contributed by atoms with van der Waals surface area (Å²) in [6, 6.07) is 14.0. The number of fused-ring (bicyclic) bond motifs is 1. The SMILES string of the molecule is C=C(C#N)CNc1c(OCCOC)ccc2ccc(-c3nccc(C=O)n3)cc12.CNC1CCN(C)CC1. The number of carbonyl (C=O) groups is 1. The van der Waals surface area contributed by atoms with E-state index in [9.17, 15) is 4.79 Å². The number of carbonyl (C=O) groups excluding carboxylic acids is 1. The van der Waals surface area contributed by atoms with Gasteiger partial charge >= 0.3 is 0 Å². The van der Waals surface area contributed by atoms with E-state index in [1.165, 1.54) is 25.9 Å². The van der Waals surface area contributed by atoms with Crippen molar-refractivity contribution in [1.29, 1.82) is 5.26 Å². The highest BCUT2D eigenvalue weighted by atomic mass is 16.5. The van der Waals surface area contributed by atoms with Crippen molar-refractivity contribution in [3.63, 3.8) is 0 Å². The number of likely N-dealkylation sites (tertiary alicyclic amines) is 1. The van der Waals surface area contributed by atoms with Crippen molar-refractivity contribution in [2.24, 2.45) is 0 Å². The Hall–Kier alpha value is -3.84. The maximum atomic E-state index is 11.0. The minimum atomic E-state index is 0.289. The number of aldehydes is 1. The van der Waals surface area contributed by atoms with Crippen LogP contribution in [0.25, 0.3) is 22.2 Å². The number of hydrogen-bond acceptors (Lipinski definition) is 9. The highest BCUT2D eigenvalue weighted by Crippen LogP contribution is 2.35. The smallest absolute Gasteiger partial charge is 0.168 e. The van der Waals surface area contributed by atoms with Crippen LogP contribution in [0, 0.1) is 11.3 Å². The molecule has 0 aliphatic carbocycles. The fourth-order valence-electron chi connectivity index (χ4n) is 4.09. The number of nitrogens with zero attached hydrogens (tertiary/aromatic N) is 4. The molecule has 0 radical (unpaired) electrons. The van der Waals surface area contributed by atoms with E-state index < -0.39 is 0 Å². The lowest BCUT2D eigenvalue weighted by Gasteiger charge is -2.28. The van der Waals surface area contributed by atoms with Crippen LogP contribution in [0.15, 0.2) is 54.7 Å². The zero-order valence-electron chi connectivity index (χ0n) is 22.4. The maximum Gasteiger partial charge on any atom is 0.168 e. The number of piperidine rings is 1. The van der Waals surface area contributed by atoms with Crippen molar-refractivity contribution >= 4 is 22.7 Å². The lowest BCUT2D eigenvalue weighted by atomic mass is 10.0. The number of benzene rings is 2. The third-order valence-electron chi connectivity index (χ3n) is 6.35. The number of aromatic nitrogens is 2. The summed E-state index contributed by atoms with van der Waals surface area (Å²) in [4.78, 5) is 22.0. The fraction of sp³-hybridized carbons (Fsp3) is 0.379. The molecule has 9 heteroatoms. The Balaban J connectivity index is 0.000000375. The highest BCUT2D eigenvalue weighted by molar-refractivity contribution is 5.99. The van der Waals surface area contributed by atoms with E-state index in [0.717, 1.165) is 28.1 Å². The molecule has 0 saturated carbocycles. The molecule has 2 heterocycles. The second-order valence-electron chi connectivity index (χ2n) is 9.07. The second-order valence-corrected chi connectivity index (χ2v) is 9.07. The number of anilines is 1. The number of ether oxygens (including phenoxy) is 2. The molecular formula is C29H36N6O3. The van der Waals surface area contributed by atoms with E-state index in [1.54, 1.807) is 19.4 Å². The summed E-state index contributed by atoms with van der Waals surface area (Å²) in [5.74, 6) is 1.09. The summed E-state index contributed by atoms with van der Waals surface area (Å²) in [5, 5.41) is 17.4. The summed E-state index contributed by atoms with van der Waals surface area (Å²) in [6.45, 7) is 7.36. The predicted octanol–water partition coefficient (Wildman–Crippen LogP) is 3.93. The number of hydrogen-bond donors (Lipinski definition) is 2. The average molecular weight is 517 g/mol. The molecule has 2 aromatic carbocycles. The standard InChI is InChI=1S/C22H20N4O3.C7H16N2/c1-15(12-23)13-25-21-19-11-17(22-24-8-7-18(14-27)26-22)4-3-16(19)5-6-20(21)29-10-9-28-2;1-8-7-3-5-9(2)6-4-7/h3-8,11,14,25H,1,9-10,13H2,2H3;7-8H,3-6H2,1-2H3. The van der Waals surface area contributed by atoms with Crippen molar-refractivity contribution in [1.82, 2.24) is 20.2 Å². The third kappa shape index (κ3) is 8.08. The Morgan fingerprint density at radius 3 is 2.68 bits per heavy atom. The lowest BCUT2D eigenvalue weighted by molar-refractivity contribution is 0.111. The molecule has 0 amide bonds. The Morgan fingerprint density at radius 1 is 1.24 bits per heavy atom. The molecule has 0 unspecified atom stereocenters. The third-order valence-corrected chi connectivity index (χ3v) is 6.35. The van der Waals surface area contributed by atoms with Crippen LogP contribution < -0.4 is 15.4 Å². The van der Waals surface area contributed by atoms with Gasteiger partial charge in [-0.15, -0.1) is 0 Å². The van der Waals surface area contributed by atoms with Crippen molar-refractivity contribution < 1.29 is 14.3 Å². The summed E-state index contributed by atoms with van der Waals surface area (Å²) in [6.07, 6.45) is 4.87. The lowest BCUT2D eigenvalue weighted by Crippen LogP contribution is -2.39. The van der Waals surface area contributed by atoms with E-state index in [-0.39, 0.29) is 6.54 Å². The van der Waals surface area contributed by atoms with Crippen LogP contribution in [0.3, 0.4) is 0 Å². The fourth-order valence-corrected chi connectivity index (χ4v) is 4.09. The summed E-state index contributed by atoms with van der Waals surface area (Å²) in [5.41, 5.74) is 2.22. The van der Waals surface area contributed by atoms with Gasteiger partial charge < -0.3 is 25.0 Å². The van der Waals surface area contributed by atoms with Gasteiger partial charge in [-0.25, -0.2) is 9.97 Å². The van der Waals surface area contributed by atoms with Crippen LogP contribution in [0.5, 0.6) is 5.75 Å². The number of nitriles is 1. The van der Waals surface area contributed by atoms with Crippen LogP contribution in [0.4, 0.5) is 5.69 Å². The van der Waals surface area contributed by atoms with Crippen LogP contribution >= 0.6 is 0 Å². The normalized spacial score (nSPS) is 13.7. The van der Waals surface area contributed by atoms with Gasteiger partial charge in [0.25, 0.3) is 0 Å². The average Bonchev–Trinajstić information content (AvgIpc) is 2.96. The van der Waals surface area contributed by atoms with E-state index in [0.29, 0.717) is 42.3 Å². The van der Waals surface area contributed by atoms with Crippen molar-refractivity contribution in [3.8, 4) is 23.2 Å². The van der Waals surface area contributed by atoms with Crippen molar-refractivity contribution in [3.05, 3.63) is 60.4 Å². The molecule has 9 nitrogen and oxygen atoms in total. The van der Waals surface area contributed by atoms with E-state index in [4.69, 9.17) is 14.7 Å². The van der Waals surface area contributed by atoms with Crippen molar-refractivity contribution in [2.75, 3.05) is 59.4 Å². The first kappa shape index (κ1) is 28.7. The summed E-state index contributed by atoms with van der Waals surface area (Å²) < 4.78 is 10.9. The quantitative estimate of drug-likeness (QED) is 0.235. The molecule has 1 aliphatic heterocycles. The number of methoxy groups -OCH3 is 1. The minimum absolute atomic E-state index is 0.289. The Labute approximate surface area is 224 Å². The zero-order valence-corrected chi connectivity index (χ0v) is 22.4. The molecule has 38 heavy (non-hydrogen) atoms. The first-order valence-electron chi connectivity index (χ1n) is 12.6. The largest absolute Gasteiger partial charge is 0.489 e. The van der Waals surface area contributed by atoms with Gasteiger partial charge in [0.2, 0.25) is 0 Å². The van der Waals surface area contributed by atoms with Gasteiger partial charge in [-0.05, 0) is 63.6 Å². The van der Waals surface area contributed by atoms with Crippen LogP contribution in [-0.4, -0.2) is 81.2 Å². The van der Waals surface area contributed by atoms with Gasteiger partial charge in [-0.3, -0.25) is 4.79 Å². The second kappa shape index (κ2) is 14.8. The van der Waals surface area contributed by atoms with E-state index in [2.05, 4.69) is 46.2 Å². The predicted molar refractivity (Wildman–Crippen MR) is 151 cm³/mol. The number of rotatable bonds is 10. The van der Waals surface area contributed by atoms with E-state index >= 15 is 0 Å². The highest BCUT2D eigenvalue weighted by Gasteiger charge is 2.14. The molecule has 0 spiro atoms. The van der Waals surface area contributed by atoms with Crippen molar-refractivity contribution in [2.45, 2.75) is 18.9 Å². The molecule has 3 aromatic rings. The van der Waals surface area contributed by atoms with Gasteiger partial charge in [-0.2, -0.15) is 5.26 Å². The maximum absolute atomic E-state index is 11.0. The van der Waals surface area contributed by atoms with Gasteiger partial charge in [0.05, 0.1) is 18.4 Å². The summed E-state index contributed by atoms with van der Waals surface area (Å²) >= 11 is 0. The summed E-state index contributed by atoms with van der Waals surface area (Å²) in [7, 11) is 5.85. The minimum Gasteiger partial charge on any atom is -0.489 e. The zero-order chi connectivity index (χ0) is 27.3. The molecule has 200 valence electrons. The molecule has 1 fully saturated rings. The molecule has 0 bridgehead atoms. The van der Waals surface area contributed by atoms with Crippen LogP contribution in [0.2, 0.25) is 0 Å². The molecule has 1 aromatic heterocycles. The molecule has 1 aliphatic rings. The van der Waals surface area contributed by atoms with E-state index in [1.807, 2.05) is 36.4 Å². The van der Waals surface area contributed by atoms with Gasteiger partial charge in [-0.1, -0.05) is 24.8 Å². The van der Waals surface area contributed by atoms with Gasteiger partial charge in [0.1, 0.15) is 18.1 Å². The topological polar surface area (TPSA) is 112 Å². The van der Waals surface area contributed by atoms with Crippen LogP contribution in [0.1, 0.15) is 23.3 Å². The Kier molecular flexibility index (Phi) is 11.2. The molecule has 1 saturated heterocycles. The molecule has 0 atom stereocenters. The molecule has 4 rings (SSSR count). The van der Waals surface area contributed by atoms with Crippen LogP contribution in [-0.2, 0) is 4.74 Å². The Morgan fingerprint density at radius 2 is 2.00 bits per heavy atom. The monoisotopic (exact) mass is 516 g/mol. The molecular weight excluding hydrogens is 480 g/mol. The number of nitrogens with one attached hydrogen (secondary N) is 2. The molecule has 2 N–H and O–H groups in total. The first-order chi connectivity index (χ1) is 18.5. The van der Waals surface area contributed by atoms with Gasteiger partial charge in [0.15, 0.2) is 12.1 Å². The Bertz CT molecular complexity index is 1260. The van der Waals surface area contributed by atoms with Gasteiger partial charge in [0, 0.05) is 42.4 Å².